The largest absolute Gasteiger partial charge is 0.325 e. The Morgan fingerprint density at radius 3 is 2.76 bits per heavy atom. The van der Waals surface area contributed by atoms with Crippen LogP contribution in [0.4, 0.5) is 11.4 Å². The summed E-state index contributed by atoms with van der Waals surface area (Å²) in [6.45, 7) is 2.73. The average Bonchev–Trinajstić information content (AvgIpc) is 3.36. The molecule has 1 fully saturated rings. The van der Waals surface area contributed by atoms with Crippen molar-refractivity contribution in [1.82, 2.24) is 20.2 Å². The zero-order valence-corrected chi connectivity index (χ0v) is 16.7. The fourth-order valence-corrected chi connectivity index (χ4v) is 3.81. The van der Waals surface area contributed by atoms with Crippen molar-refractivity contribution < 1.29 is 9.59 Å². The summed E-state index contributed by atoms with van der Waals surface area (Å²) in [5.74, 6) is 0.115. The molecule has 2 heterocycles. The van der Waals surface area contributed by atoms with Crippen molar-refractivity contribution in [2.24, 2.45) is 0 Å². The van der Waals surface area contributed by atoms with Crippen molar-refractivity contribution in [3.63, 3.8) is 0 Å². The van der Waals surface area contributed by atoms with E-state index < -0.39 is 0 Å². The third-order valence-electron chi connectivity index (χ3n) is 4.57. The number of anilines is 2. The third kappa shape index (κ3) is 4.45. The standard InChI is InChI=1S/C20H20N6O2S/c1-14-7-9-16(10-8-14)26-20(22-23-24-26)29-13-18(27)21-15-4-2-5-17(12-15)25-11-3-6-19(25)28/h2,4-5,7-10,12H,3,6,11,13H2,1H3,(H,21,27). The second kappa shape index (κ2) is 8.44. The molecule has 4 rings (SSSR count). The number of hydrogen-bond donors (Lipinski definition) is 1. The summed E-state index contributed by atoms with van der Waals surface area (Å²) in [6.07, 6.45) is 1.44. The van der Waals surface area contributed by atoms with Gasteiger partial charge in [0.25, 0.3) is 0 Å². The molecule has 8 nitrogen and oxygen atoms in total. The van der Waals surface area contributed by atoms with Crippen LogP contribution in [0.3, 0.4) is 0 Å². The third-order valence-corrected chi connectivity index (χ3v) is 5.49. The van der Waals surface area contributed by atoms with Gasteiger partial charge in [-0.25, -0.2) is 0 Å². The van der Waals surface area contributed by atoms with E-state index in [1.165, 1.54) is 11.8 Å². The maximum absolute atomic E-state index is 12.4. The molecular weight excluding hydrogens is 388 g/mol. The summed E-state index contributed by atoms with van der Waals surface area (Å²) < 4.78 is 1.61. The SMILES string of the molecule is Cc1ccc(-n2nnnc2SCC(=O)Nc2cccc(N3CCCC3=O)c2)cc1. The smallest absolute Gasteiger partial charge is 0.234 e. The van der Waals surface area contributed by atoms with Gasteiger partial charge in [-0.15, -0.1) is 5.10 Å². The summed E-state index contributed by atoms with van der Waals surface area (Å²) in [5.41, 5.74) is 3.45. The van der Waals surface area contributed by atoms with E-state index in [1.807, 2.05) is 55.5 Å². The van der Waals surface area contributed by atoms with E-state index in [0.29, 0.717) is 23.8 Å². The van der Waals surface area contributed by atoms with Crippen molar-refractivity contribution >= 4 is 35.0 Å². The average molecular weight is 408 g/mol. The lowest BCUT2D eigenvalue weighted by Gasteiger charge is -2.16. The number of carbonyl (C=O) groups excluding carboxylic acids is 2. The van der Waals surface area contributed by atoms with Gasteiger partial charge in [0, 0.05) is 24.3 Å². The minimum absolute atomic E-state index is 0.118. The molecule has 0 atom stereocenters. The van der Waals surface area contributed by atoms with Crippen molar-refractivity contribution in [3.8, 4) is 5.69 Å². The van der Waals surface area contributed by atoms with Gasteiger partial charge in [0.15, 0.2) is 0 Å². The summed E-state index contributed by atoms with van der Waals surface area (Å²) in [6, 6.07) is 15.2. The fourth-order valence-electron chi connectivity index (χ4n) is 3.12. The van der Waals surface area contributed by atoms with E-state index in [-0.39, 0.29) is 17.6 Å². The lowest BCUT2D eigenvalue weighted by atomic mass is 10.2. The molecule has 0 spiro atoms. The molecule has 1 aliphatic rings. The molecule has 148 valence electrons. The van der Waals surface area contributed by atoms with Gasteiger partial charge in [0.2, 0.25) is 17.0 Å². The van der Waals surface area contributed by atoms with Crippen LogP contribution in [-0.4, -0.2) is 44.3 Å². The summed E-state index contributed by atoms with van der Waals surface area (Å²) in [5, 5.41) is 15.2. The minimum Gasteiger partial charge on any atom is -0.325 e. The normalized spacial score (nSPS) is 13.7. The number of aromatic nitrogens is 4. The Labute approximate surface area is 172 Å². The van der Waals surface area contributed by atoms with Crippen molar-refractivity contribution in [3.05, 3.63) is 54.1 Å². The van der Waals surface area contributed by atoms with E-state index in [2.05, 4.69) is 20.8 Å². The van der Waals surface area contributed by atoms with Gasteiger partial charge in [-0.05, 0) is 54.1 Å². The number of rotatable bonds is 6. The van der Waals surface area contributed by atoms with Crippen LogP contribution >= 0.6 is 11.8 Å². The zero-order chi connectivity index (χ0) is 20.2. The summed E-state index contributed by atoms with van der Waals surface area (Å²) in [7, 11) is 0. The molecule has 2 amide bonds. The molecule has 0 bridgehead atoms. The zero-order valence-electron chi connectivity index (χ0n) is 15.9. The summed E-state index contributed by atoms with van der Waals surface area (Å²) >= 11 is 1.26. The molecular formula is C20H20N6O2S. The monoisotopic (exact) mass is 408 g/mol. The Morgan fingerprint density at radius 2 is 2.00 bits per heavy atom. The van der Waals surface area contributed by atoms with Crippen molar-refractivity contribution in [1.29, 1.82) is 0 Å². The lowest BCUT2D eigenvalue weighted by Crippen LogP contribution is -2.23. The van der Waals surface area contributed by atoms with Gasteiger partial charge < -0.3 is 10.2 Å². The van der Waals surface area contributed by atoms with Gasteiger partial charge in [-0.1, -0.05) is 35.5 Å². The van der Waals surface area contributed by atoms with Crippen LogP contribution in [-0.2, 0) is 9.59 Å². The number of tetrazole rings is 1. The van der Waals surface area contributed by atoms with Crippen molar-refractivity contribution in [2.75, 3.05) is 22.5 Å². The number of nitrogens with zero attached hydrogens (tertiary/aromatic N) is 5. The van der Waals surface area contributed by atoms with Gasteiger partial charge in [0.1, 0.15) is 0 Å². The van der Waals surface area contributed by atoms with Crippen LogP contribution < -0.4 is 10.2 Å². The molecule has 0 saturated carbocycles. The highest BCUT2D eigenvalue weighted by molar-refractivity contribution is 7.99. The van der Waals surface area contributed by atoms with Crippen LogP contribution in [0.15, 0.2) is 53.7 Å². The molecule has 1 aromatic heterocycles. The van der Waals surface area contributed by atoms with E-state index in [0.717, 1.165) is 23.4 Å². The molecule has 3 aromatic rings. The van der Waals surface area contributed by atoms with Gasteiger partial charge in [0.05, 0.1) is 11.4 Å². The Hall–Kier alpha value is -3.20. The van der Waals surface area contributed by atoms with Gasteiger partial charge in [-0.3, -0.25) is 9.59 Å². The molecule has 1 N–H and O–H groups in total. The molecule has 2 aromatic carbocycles. The number of nitrogens with one attached hydrogen (secondary N) is 1. The second-order valence-electron chi connectivity index (χ2n) is 6.74. The molecule has 0 aliphatic carbocycles. The molecule has 0 unspecified atom stereocenters. The first-order valence-electron chi connectivity index (χ1n) is 9.29. The first kappa shape index (κ1) is 19.1. The topological polar surface area (TPSA) is 93.0 Å². The number of amides is 2. The number of hydrogen-bond acceptors (Lipinski definition) is 6. The second-order valence-corrected chi connectivity index (χ2v) is 7.69. The highest BCUT2D eigenvalue weighted by atomic mass is 32.2. The molecule has 1 saturated heterocycles. The van der Waals surface area contributed by atoms with E-state index in [9.17, 15) is 9.59 Å². The Bertz CT molecular complexity index is 1030. The minimum atomic E-state index is -0.168. The van der Waals surface area contributed by atoms with Gasteiger partial charge >= 0.3 is 0 Å². The first-order valence-corrected chi connectivity index (χ1v) is 10.3. The highest BCUT2D eigenvalue weighted by Crippen LogP contribution is 2.25. The number of benzene rings is 2. The maximum atomic E-state index is 12.4. The van der Waals surface area contributed by atoms with E-state index in [4.69, 9.17) is 0 Å². The maximum Gasteiger partial charge on any atom is 0.234 e. The molecule has 0 radical (unpaired) electrons. The molecule has 29 heavy (non-hydrogen) atoms. The fraction of sp³-hybridized carbons (Fsp3) is 0.250. The number of aryl methyl sites for hydroxylation is 1. The van der Waals surface area contributed by atoms with Crippen LogP contribution in [0.5, 0.6) is 0 Å². The lowest BCUT2D eigenvalue weighted by molar-refractivity contribution is -0.117. The van der Waals surface area contributed by atoms with Crippen LogP contribution in [0, 0.1) is 6.92 Å². The van der Waals surface area contributed by atoms with Crippen molar-refractivity contribution in [2.45, 2.75) is 24.9 Å². The molecule has 1 aliphatic heterocycles. The van der Waals surface area contributed by atoms with Gasteiger partial charge in [-0.2, -0.15) is 4.68 Å². The quantitative estimate of drug-likeness (QED) is 0.631. The Kier molecular flexibility index (Phi) is 5.57. The van der Waals surface area contributed by atoms with Crippen LogP contribution in [0.2, 0.25) is 0 Å². The van der Waals surface area contributed by atoms with E-state index in [1.54, 1.807) is 9.58 Å². The molecule has 9 heteroatoms. The predicted molar refractivity (Wildman–Crippen MR) is 111 cm³/mol. The first-order chi connectivity index (χ1) is 14.1. The van der Waals surface area contributed by atoms with E-state index >= 15 is 0 Å². The Morgan fingerprint density at radius 1 is 1.17 bits per heavy atom. The number of carbonyl (C=O) groups is 2. The van der Waals surface area contributed by atoms with Crippen LogP contribution in [0.25, 0.3) is 5.69 Å². The predicted octanol–water partition coefficient (Wildman–Crippen LogP) is 2.83. The van der Waals surface area contributed by atoms with Crippen LogP contribution in [0.1, 0.15) is 18.4 Å². The summed E-state index contributed by atoms with van der Waals surface area (Å²) in [4.78, 5) is 26.1. The highest BCUT2D eigenvalue weighted by Gasteiger charge is 2.21. The Balaban J connectivity index is 1.38. The number of thioether (sulfide) groups is 1.